The van der Waals surface area contributed by atoms with Gasteiger partial charge in [0.1, 0.15) is 11.5 Å². The molecule has 0 atom stereocenters. The fourth-order valence-electron chi connectivity index (χ4n) is 0.772. The lowest BCUT2D eigenvalue weighted by Crippen LogP contribution is -2.01. The normalized spacial score (nSPS) is 9.17. The van der Waals surface area contributed by atoms with Crippen molar-refractivity contribution in [2.45, 2.75) is 6.92 Å². The van der Waals surface area contributed by atoms with E-state index in [9.17, 15) is 4.79 Å². The highest BCUT2D eigenvalue weighted by molar-refractivity contribution is 5.69. The topological polar surface area (TPSA) is 35.5 Å². The van der Waals surface area contributed by atoms with E-state index in [0.29, 0.717) is 11.5 Å². The fourth-order valence-corrected chi connectivity index (χ4v) is 0.772. The second-order valence-electron chi connectivity index (χ2n) is 2.19. The predicted molar refractivity (Wildman–Crippen MR) is 43.1 cm³/mol. The molecule has 0 spiro atoms. The summed E-state index contributed by atoms with van der Waals surface area (Å²) in [6.07, 6.45) is 0. The Bertz CT molecular complexity index is 281. The van der Waals surface area contributed by atoms with Crippen LogP contribution in [0, 0.1) is 6.07 Å². The highest BCUT2D eigenvalue weighted by atomic mass is 16.5. The molecule has 3 nitrogen and oxygen atoms in total. The van der Waals surface area contributed by atoms with Crippen LogP contribution in [0.1, 0.15) is 6.92 Å². The third kappa shape index (κ3) is 2.27. The maximum atomic E-state index is 10.5. The first-order valence-electron chi connectivity index (χ1n) is 3.46. The summed E-state index contributed by atoms with van der Waals surface area (Å²) in [7, 11) is 1.53. The van der Waals surface area contributed by atoms with Crippen molar-refractivity contribution >= 4 is 5.97 Å². The lowest BCUT2D eigenvalue weighted by atomic mass is 10.3. The molecule has 0 aromatic heterocycles. The van der Waals surface area contributed by atoms with Gasteiger partial charge in [0.2, 0.25) is 0 Å². The van der Waals surface area contributed by atoms with Gasteiger partial charge in [-0.2, -0.15) is 0 Å². The summed E-state index contributed by atoms with van der Waals surface area (Å²) in [5.41, 5.74) is 0. The van der Waals surface area contributed by atoms with Crippen molar-refractivity contribution in [1.29, 1.82) is 0 Å². The molecule has 1 rings (SSSR count). The summed E-state index contributed by atoms with van der Waals surface area (Å²) in [5, 5.41) is 0. The van der Waals surface area contributed by atoms with Crippen LogP contribution in [0.5, 0.6) is 11.5 Å². The van der Waals surface area contributed by atoms with Gasteiger partial charge in [-0.25, -0.2) is 0 Å². The predicted octanol–water partition coefficient (Wildman–Crippen LogP) is 1.42. The first-order chi connectivity index (χ1) is 5.72. The summed E-state index contributed by atoms with van der Waals surface area (Å²) in [6.45, 7) is 1.35. The minimum Gasteiger partial charge on any atom is -0.496 e. The first-order valence-corrected chi connectivity index (χ1v) is 3.46. The molecule has 0 heterocycles. The van der Waals surface area contributed by atoms with Gasteiger partial charge in [-0.05, 0) is 12.1 Å². The SMILES string of the molecule is COc1[c]ccc(OC(C)=O)c1. The number of ether oxygens (including phenoxy) is 2. The zero-order valence-electron chi connectivity index (χ0n) is 6.96. The van der Waals surface area contributed by atoms with E-state index in [1.165, 1.54) is 14.0 Å². The van der Waals surface area contributed by atoms with E-state index in [2.05, 4.69) is 6.07 Å². The van der Waals surface area contributed by atoms with Crippen LogP contribution in [-0.4, -0.2) is 13.1 Å². The van der Waals surface area contributed by atoms with Crippen molar-refractivity contribution in [2.24, 2.45) is 0 Å². The van der Waals surface area contributed by atoms with Crippen LogP contribution in [0.15, 0.2) is 18.2 Å². The van der Waals surface area contributed by atoms with Crippen LogP contribution in [-0.2, 0) is 4.79 Å². The average molecular weight is 165 g/mol. The minimum absolute atomic E-state index is 0.344. The monoisotopic (exact) mass is 165 g/mol. The van der Waals surface area contributed by atoms with Gasteiger partial charge in [-0.1, -0.05) is 0 Å². The van der Waals surface area contributed by atoms with Crippen LogP contribution >= 0.6 is 0 Å². The van der Waals surface area contributed by atoms with Crippen LogP contribution < -0.4 is 9.47 Å². The molecule has 0 aliphatic rings. The van der Waals surface area contributed by atoms with Crippen LogP contribution in [0.2, 0.25) is 0 Å². The molecule has 0 N–H and O–H groups in total. The molecule has 1 radical (unpaired) electrons. The smallest absolute Gasteiger partial charge is 0.308 e. The summed E-state index contributed by atoms with van der Waals surface area (Å²) < 4.78 is 9.71. The number of benzene rings is 1. The Morgan fingerprint density at radius 3 is 2.92 bits per heavy atom. The standard InChI is InChI=1S/C9H9O3/c1-7(10)12-9-5-3-4-8(6-9)11-2/h3,5-6H,1-2H3. The third-order valence-corrected chi connectivity index (χ3v) is 1.23. The Morgan fingerprint density at radius 1 is 1.58 bits per heavy atom. The molecular formula is C9H9O3. The van der Waals surface area contributed by atoms with E-state index < -0.39 is 0 Å². The zero-order chi connectivity index (χ0) is 8.97. The van der Waals surface area contributed by atoms with Crippen molar-refractivity contribution in [3.8, 4) is 11.5 Å². The van der Waals surface area contributed by atoms with Crippen molar-refractivity contribution in [3.05, 3.63) is 24.3 Å². The Morgan fingerprint density at radius 2 is 2.33 bits per heavy atom. The lowest BCUT2D eigenvalue weighted by Gasteiger charge is -2.02. The Kier molecular flexibility index (Phi) is 2.69. The van der Waals surface area contributed by atoms with Gasteiger partial charge < -0.3 is 9.47 Å². The van der Waals surface area contributed by atoms with Gasteiger partial charge in [-0.15, -0.1) is 0 Å². The summed E-state index contributed by atoms with van der Waals surface area (Å²) >= 11 is 0. The van der Waals surface area contributed by atoms with Gasteiger partial charge in [0.25, 0.3) is 0 Å². The van der Waals surface area contributed by atoms with E-state index in [1.807, 2.05) is 0 Å². The second kappa shape index (κ2) is 3.76. The third-order valence-electron chi connectivity index (χ3n) is 1.23. The lowest BCUT2D eigenvalue weighted by molar-refractivity contribution is -0.131. The number of carbonyl (C=O) groups is 1. The molecule has 0 unspecified atom stereocenters. The van der Waals surface area contributed by atoms with Gasteiger partial charge in [0.15, 0.2) is 0 Å². The van der Waals surface area contributed by atoms with Crippen molar-refractivity contribution in [2.75, 3.05) is 7.11 Å². The molecule has 3 heteroatoms. The molecule has 12 heavy (non-hydrogen) atoms. The molecule has 0 bridgehead atoms. The minimum atomic E-state index is -0.344. The highest BCUT2D eigenvalue weighted by Crippen LogP contribution is 2.17. The molecule has 0 aliphatic heterocycles. The van der Waals surface area contributed by atoms with E-state index >= 15 is 0 Å². The van der Waals surface area contributed by atoms with E-state index in [4.69, 9.17) is 9.47 Å². The number of carbonyl (C=O) groups excluding carboxylic acids is 1. The molecule has 0 amide bonds. The number of esters is 1. The number of hydrogen-bond acceptors (Lipinski definition) is 3. The second-order valence-corrected chi connectivity index (χ2v) is 2.19. The molecule has 63 valence electrons. The maximum absolute atomic E-state index is 10.5. The van der Waals surface area contributed by atoms with E-state index in [1.54, 1.807) is 18.2 Å². The van der Waals surface area contributed by atoms with Gasteiger partial charge >= 0.3 is 5.97 Å². The molecular weight excluding hydrogens is 156 g/mol. The number of rotatable bonds is 2. The van der Waals surface area contributed by atoms with Gasteiger partial charge in [-0.3, -0.25) is 4.79 Å². The van der Waals surface area contributed by atoms with E-state index in [-0.39, 0.29) is 5.97 Å². The zero-order valence-corrected chi connectivity index (χ0v) is 6.96. The molecule has 0 fully saturated rings. The molecule has 0 saturated heterocycles. The Hall–Kier alpha value is -1.51. The van der Waals surface area contributed by atoms with Crippen LogP contribution in [0.25, 0.3) is 0 Å². The first kappa shape index (κ1) is 8.59. The van der Waals surface area contributed by atoms with Crippen LogP contribution in [0.4, 0.5) is 0 Å². The Labute approximate surface area is 70.9 Å². The largest absolute Gasteiger partial charge is 0.496 e. The molecule has 0 aliphatic carbocycles. The van der Waals surface area contributed by atoms with Crippen molar-refractivity contribution < 1.29 is 14.3 Å². The Balaban J connectivity index is 2.79. The molecule has 1 aromatic carbocycles. The van der Waals surface area contributed by atoms with Gasteiger partial charge in [0.05, 0.1) is 7.11 Å². The van der Waals surface area contributed by atoms with Crippen molar-refractivity contribution in [3.63, 3.8) is 0 Å². The quantitative estimate of drug-likeness (QED) is 0.491. The number of hydrogen-bond donors (Lipinski definition) is 0. The maximum Gasteiger partial charge on any atom is 0.308 e. The van der Waals surface area contributed by atoms with E-state index in [0.717, 1.165) is 0 Å². The van der Waals surface area contributed by atoms with Gasteiger partial charge in [0, 0.05) is 19.1 Å². The summed E-state index contributed by atoms with van der Waals surface area (Å²) in [5.74, 6) is 0.676. The van der Waals surface area contributed by atoms with Crippen LogP contribution in [0.3, 0.4) is 0 Å². The number of methoxy groups -OCH3 is 1. The summed E-state index contributed by atoms with van der Waals surface area (Å²) in [4.78, 5) is 10.5. The average Bonchev–Trinajstić information content (AvgIpc) is 2.03. The summed E-state index contributed by atoms with van der Waals surface area (Å²) in [6, 6.07) is 7.70. The molecule has 0 saturated carbocycles. The fraction of sp³-hybridized carbons (Fsp3) is 0.222. The molecule has 1 aromatic rings. The highest BCUT2D eigenvalue weighted by Gasteiger charge is 1.98. The van der Waals surface area contributed by atoms with Crippen molar-refractivity contribution in [1.82, 2.24) is 0 Å².